The third-order valence-corrected chi connectivity index (χ3v) is 9.69. The van der Waals surface area contributed by atoms with Gasteiger partial charge in [-0.3, -0.25) is 9.59 Å². The minimum atomic E-state index is -0.775. The Hall–Kier alpha value is -1.14. The summed E-state index contributed by atoms with van der Waals surface area (Å²) in [6, 6.07) is -0.688. The van der Waals surface area contributed by atoms with Gasteiger partial charge in [0.25, 0.3) is 0 Å². The van der Waals surface area contributed by atoms with Gasteiger partial charge in [0.15, 0.2) is 0 Å². The lowest BCUT2D eigenvalue weighted by Gasteiger charge is -2.24. The quantitative estimate of drug-likeness (QED) is 0.0452. The molecule has 0 saturated carbocycles. The normalized spacial score (nSPS) is 13.4. The Morgan fingerprint density at radius 1 is 0.532 bits per heavy atom. The van der Waals surface area contributed by atoms with E-state index in [1.54, 1.807) is 0 Å². The van der Waals surface area contributed by atoms with Crippen molar-refractivity contribution in [3.63, 3.8) is 0 Å². The molecule has 0 radical (unpaired) electrons. The van der Waals surface area contributed by atoms with E-state index < -0.39 is 18.2 Å². The van der Waals surface area contributed by atoms with Crippen molar-refractivity contribution in [3.8, 4) is 0 Å². The molecule has 0 aliphatic carbocycles. The van der Waals surface area contributed by atoms with E-state index in [9.17, 15) is 19.8 Å². The molecule has 280 valence electrons. The maximum Gasteiger partial charge on any atom is 0.306 e. The van der Waals surface area contributed by atoms with E-state index in [0.29, 0.717) is 19.3 Å². The van der Waals surface area contributed by atoms with Crippen LogP contribution in [-0.2, 0) is 14.3 Å². The van der Waals surface area contributed by atoms with Gasteiger partial charge in [0.2, 0.25) is 5.91 Å². The molecule has 0 fully saturated rings. The Bertz CT molecular complexity index is 672. The van der Waals surface area contributed by atoms with Crippen LogP contribution in [0.4, 0.5) is 0 Å². The van der Waals surface area contributed by atoms with Crippen molar-refractivity contribution in [1.29, 1.82) is 0 Å². The highest BCUT2D eigenvalue weighted by Crippen LogP contribution is 2.17. The summed E-state index contributed by atoms with van der Waals surface area (Å²) in [6.07, 6.45) is 34.5. The zero-order valence-electron chi connectivity index (χ0n) is 31.7. The zero-order chi connectivity index (χ0) is 34.6. The molecule has 0 aromatic heterocycles. The minimum Gasteiger partial charge on any atom is -0.462 e. The van der Waals surface area contributed by atoms with Crippen LogP contribution >= 0.6 is 0 Å². The fourth-order valence-corrected chi connectivity index (χ4v) is 6.49. The molecule has 0 aliphatic heterocycles. The number of hydrogen-bond acceptors (Lipinski definition) is 5. The van der Waals surface area contributed by atoms with Crippen molar-refractivity contribution >= 4 is 11.9 Å². The van der Waals surface area contributed by atoms with E-state index >= 15 is 0 Å². The van der Waals surface area contributed by atoms with E-state index in [-0.39, 0.29) is 24.9 Å². The van der Waals surface area contributed by atoms with Crippen LogP contribution in [0.3, 0.4) is 0 Å². The first-order chi connectivity index (χ1) is 23.0. The summed E-state index contributed by atoms with van der Waals surface area (Å²) in [5, 5.41) is 23.5. The molecule has 6 heteroatoms. The third kappa shape index (κ3) is 31.9. The average Bonchev–Trinajstić information content (AvgIpc) is 3.06. The number of amides is 1. The highest BCUT2D eigenvalue weighted by atomic mass is 16.5. The first kappa shape index (κ1) is 45.9. The number of unbranched alkanes of at least 4 members (excludes halogenated alkanes) is 25. The molecule has 47 heavy (non-hydrogen) atoms. The van der Waals surface area contributed by atoms with Crippen molar-refractivity contribution in [2.24, 2.45) is 0 Å². The SMILES string of the molecule is CCCCCCCCCCCCCC(=O)OC(CCCCCCCCC)CC(=O)NC(CO)C(O)CCCCCCCCCCCC. The van der Waals surface area contributed by atoms with Crippen molar-refractivity contribution in [3.05, 3.63) is 0 Å². The van der Waals surface area contributed by atoms with Gasteiger partial charge in [-0.05, 0) is 25.7 Å². The van der Waals surface area contributed by atoms with Gasteiger partial charge in [-0.1, -0.05) is 188 Å². The molecule has 0 aliphatic rings. The van der Waals surface area contributed by atoms with E-state index in [2.05, 4.69) is 26.1 Å². The number of ether oxygens (including phenoxy) is 1. The van der Waals surface area contributed by atoms with Crippen LogP contribution in [-0.4, -0.2) is 46.9 Å². The Morgan fingerprint density at radius 3 is 1.30 bits per heavy atom. The molecule has 0 heterocycles. The first-order valence-corrected chi connectivity index (χ1v) is 20.8. The Labute approximate surface area is 292 Å². The van der Waals surface area contributed by atoms with Gasteiger partial charge in [0.1, 0.15) is 6.10 Å². The second-order valence-corrected chi connectivity index (χ2v) is 14.4. The topological polar surface area (TPSA) is 95.9 Å². The second kappa shape index (κ2) is 36.1. The molecular weight excluding hydrogens is 586 g/mol. The fourth-order valence-electron chi connectivity index (χ4n) is 6.49. The number of aliphatic hydroxyl groups excluding tert-OH is 2. The van der Waals surface area contributed by atoms with Crippen LogP contribution in [0.25, 0.3) is 0 Å². The Balaban J connectivity index is 4.48. The van der Waals surface area contributed by atoms with Gasteiger partial charge in [0.05, 0.1) is 25.2 Å². The molecule has 0 spiro atoms. The largest absolute Gasteiger partial charge is 0.462 e. The maximum absolute atomic E-state index is 13.0. The monoisotopic (exact) mass is 668 g/mol. The summed E-state index contributed by atoms with van der Waals surface area (Å²) in [5.41, 5.74) is 0. The summed E-state index contributed by atoms with van der Waals surface area (Å²) >= 11 is 0. The van der Waals surface area contributed by atoms with Crippen molar-refractivity contribution in [2.75, 3.05) is 6.61 Å². The predicted octanol–water partition coefficient (Wildman–Crippen LogP) is 11.3. The van der Waals surface area contributed by atoms with Gasteiger partial charge in [-0.15, -0.1) is 0 Å². The molecule has 0 aromatic carbocycles. The molecule has 3 unspecified atom stereocenters. The van der Waals surface area contributed by atoms with Crippen LogP contribution in [0.2, 0.25) is 0 Å². The lowest BCUT2D eigenvalue weighted by Crippen LogP contribution is -2.46. The van der Waals surface area contributed by atoms with Crippen LogP contribution in [0.15, 0.2) is 0 Å². The third-order valence-electron chi connectivity index (χ3n) is 9.69. The summed E-state index contributed by atoms with van der Waals surface area (Å²) < 4.78 is 5.85. The van der Waals surface area contributed by atoms with Crippen molar-refractivity contribution < 1.29 is 24.5 Å². The molecule has 6 nitrogen and oxygen atoms in total. The zero-order valence-corrected chi connectivity index (χ0v) is 31.7. The molecule has 0 saturated heterocycles. The van der Waals surface area contributed by atoms with Crippen LogP contribution in [0.5, 0.6) is 0 Å². The number of hydrogen-bond donors (Lipinski definition) is 3. The van der Waals surface area contributed by atoms with Crippen molar-refractivity contribution in [2.45, 2.75) is 244 Å². The molecule has 3 atom stereocenters. The lowest BCUT2D eigenvalue weighted by molar-refractivity contribution is -0.151. The van der Waals surface area contributed by atoms with E-state index in [1.807, 2.05) is 0 Å². The summed E-state index contributed by atoms with van der Waals surface area (Å²) in [6.45, 7) is 6.42. The highest BCUT2D eigenvalue weighted by molar-refractivity contribution is 5.77. The molecule has 0 aromatic rings. The van der Waals surface area contributed by atoms with E-state index in [1.165, 1.54) is 135 Å². The average molecular weight is 668 g/mol. The lowest BCUT2D eigenvalue weighted by atomic mass is 10.0. The smallest absolute Gasteiger partial charge is 0.306 e. The number of carbonyl (C=O) groups is 2. The highest BCUT2D eigenvalue weighted by Gasteiger charge is 2.24. The Morgan fingerprint density at radius 2 is 0.894 bits per heavy atom. The summed E-state index contributed by atoms with van der Waals surface area (Å²) in [7, 11) is 0. The van der Waals surface area contributed by atoms with Gasteiger partial charge in [-0.2, -0.15) is 0 Å². The second-order valence-electron chi connectivity index (χ2n) is 14.4. The van der Waals surface area contributed by atoms with Gasteiger partial charge >= 0.3 is 5.97 Å². The fraction of sp³-hybridized carbons (Fsp3) is 0.951. The molecule has 0 bridgehead atoms. The van der Waals surface area contributed by atoms with Crippen molar-refractivity contribution in [1.82, 2.24) is 5.32 Å². The molecule has 0 rings (SSSR count). The number of rotatable bonds is 37. The van der Waals surface area contributed by atoms with Gasteiger partial charge in [0, 0.05) is 6.42 Å². The van der Waals surface area contributed by atoms with Crippen LogP contribution in [0.1, 0.15) is 226 Å². The first-order valence-electron chi connectivity index (χ1n) is 20.8. The number of aliphatic hydroxyl groups is 2. The molecular formula is C41H81NO5. The standard InChI is InChI=1S/C41H81NO5/c1-4-7-10-13-16-18-20-22-25-28-31-34-41(46)47-37(32-29-26-23-15-12-9-6-3)35-40(45)42-38(36-43)39(44)33-30-27-24-21-19-17-14-11-8-5-2/h37-39,43-44H,4-36H2,1-3H3,(H,42,45). The summed E-state index contributed by atoms with van der Waals surface area (Å²) in [4.78, 5) is 25.7. The Kier molecular flexibility index (Phi) is 35.3. The number of nitrogens with one attached hydrogen (secondary N) is 1. The summed E-state index contributed by atoms with van der Waals surface area (Å²) in [5.74, 6) is -0.469. The van der Waals surface area contributed by atoms with Gasteiger partial charge in [-0.25, -0.2) is 0 Å². The van der Waals surface area contributed by atoms with E-state index in [4.69, 9.17) is 4.74 Å². The minimum absolute atomic E-state index is 0.0846. The van der Waals surface area contributed by atoms with Crippen LogP contribution in [0, 0.1) is 0 Å². The molecule has 3 N–H and O–H groups in total. The predicted molar refractivity (Wildman–Crippen MR) is 200 cm³/mol. The van der Waals surface area contributed by atoms with E-state index in [0.717, 1.165) is 44.9 Å². The number of esters is 1. The molecule has 1 amide bonds. The van der Waals surface area contributed by atoms with Crippen LogP contribution < -0.4 is 5.32 Å². The number of carbonyl (C=O) groups excluding carboxylic acids is 2. The van der Waals surface area contributed by atoms with Gasteiger partial charge < -0.3 is 20.3 Å². The maximum atomic E-state index is 13.0.